The average molecular weight is 292 g/mol. The molecule has 0 aromatic carbocycles. The van der Waals surface area contributed by atoms with E-state index in [2.05, 4.69) is 27.5 Å². The highest BCUT2D eigenvalue weighted by molar-refractivity contribution is 5.48. The summed E-state index contributed by atoms with van der Waals surface area (Å²) in [6, 6.07) is 2.55. The van der Waals surface area contributed by atoms with Crippen LogP contribution in [0.1, 0.15) is 57.7 Å². The minimum atomic E-state index is 0.445. The number of hydrogen-bond acceptors (Lipinski definition) is 5. The van der Waals surface area contributed by atoms with Crippen molar-refractivity contribution in [1.82, 2.24) is 9.97 Å². The summed E-state index contributed by atoms with van der Waals surface area (Å²) in [5.41, 5.74) is 0. The predicted octanol–water partition coefficient (Wildman–Crippen LogP) is 3.58. The van der Waals surface area contributed by atoms with Crippen LogP contribution in [0.2, 0.25) is 0 Å². The third kappa shape index (κ3) is 5.50. The first-order valence-corrected chi connectivity index (χ1v) is 8.19. The van der Waals surface area contributed by atoms with Crippen molar-refractivity contribution in [1.29, 1.82) is 0 Å². The quantitative estimate of drug-likeness (QED) is 0.752. The molecule has 2 N–H and O–H groups in total. The standard InChI is InChI=1S/C16H28N4O/c1-3-10-17-14-11-15(20-16(19-14)12-21-2)18-13-8-6-4-5-7-9-13/h11,13H,3-10,12H2,1-2H3,(H2,17,18,19,20). The smallest absolute Gasteiger partial charge is 0.158 e. The molecule has 1 heterocycles. The van der Waals surface area contributed by atoms with E-state index in [0.29, 0.717) is 12.6 Å². The van der Waals surface area contributed by atoms with Gasteiger partial charge in [0, 0.05) is 25.8 Å². The molecule has 0 spiro atoms. The largest absolute Gasteiger partial charge is 0.377 e. The van der Waals surface area contributed by atoms with Crippen molar-refractivity contribution in [2.24, 2.45) is 0 Å². The molecule has 118 valence electrons. The van der Waals surface area contributed by atoms with Crippen LogP contribution < -0.4 is 10.6 Å². The minimum absolute atomic E-state index is 0.445. The molecule has 1 saturated carbocycles. The van der Waals surface area contributed by atoms with Gasteiger partial charge in [0.05, 0.1) is 0 Å². The molecule has 21 heavy (non-hydrogen) atoms. The highest BCUT2D eigenvalue weighted by Crippen LogP contribution is 2.21. The van der Waals surface area contributed by atoms with Gasteiger partial charge in [0.2, 0.25) is 0 Å². The van der Waals surface area contributed by atoms with Gasteiger partial charge in [-0.2, -0.15) is 0 Å². The highest BCUT2D eigenvalue weighted by Gasteiger charge is 2.13. The molecule has 0 atom stereocenters. The minimum Gasteiger partial charge on any atom is -0.377 e. The summed E-state index contributed by atoms with van der Waals surface area (Å²) in [7, 11) is 1.67. The zero-order valence-electron chi connectivity index (χ0n) is 13.3. The fraction of sp³-hybridized carbons (Fsp3) is 0.750. The van der Waals surface area contributed by atoms with E-state index >= 15 is 0 Å². The zero-order valence-corrected chi connectivity index (χ0v) is 13.3. The molecule has 5 nitrogen and oxygen atoms in total. The van der Waals surface area contributed by atoms with Crippen molar-refractivity contribution in [3.8, 4) is 0 Å². The Morgan fingerprint density at radius 1 is 1.14 bits per heavy atom. The second-order valence-electron chi connectivity index (χ2n) is 5.75. The zero-order chi connectivity index (χ0) is 14.9. The first-order valence-electron chi connectivity index (χ1n) is 8.19. The molecule has 1 fully saturated rings. The van der Waals surface area contributed by atoms with E-state index in [-0.39, 0.29) is 0 Å². The Balaban J connectivity index is 2.06. The van der Waals surface area contributed by atoms with E-state index in [1.807, 2.05) is 6.07 Å². The SMILES string of the molecule is CCCNc1cc(NC2CCCCCC2)nc(COC)n1. The van der Waals surface area contributed by atoms with Crippen LogP contribution >= 0.6 is 0 Å². The fourth-order valence-electron chi connectivity index (χ4n) is 2.74. The number of hydrogen-bond donors (Lipinski definition) is 2. The Morgan fingerprint density at radius 3 is 2.52 bits per heavy atom. The second-order valence-corrected chi connectivity index (χ2v) is 5.75. The fourth-order valence-corrected chi connectivity index (χ4v) is 2.74. The lowest BCUT2D eigenvalue weighted by atomic mass is 10.1. The molecule has 2 rings (SSSR count). The summed E-state index contributed by atoms with van der Waals surface area (Å²) in [5.74, 6) is 2.53. The molecule has 0 unspecified atom stereocenters. The monoisotopic (exact) mass is 292 g/mol. The van der Waals surface area contributed by atoms with Gasteiger partial charge in [0.1, 0.15) is 18.2 Å². The van der Waals surface area contributed by atoms with Crippen LogP contribution in [0.25, 0.3) is 0 Å². The lowest BCUT2D eigenvalue weighted by Gasteiger charge is -2.18. The van der Waals surface area contributed by atoms with Crippen molar-refractivity contribution in [3.63, 3.8) is 0 Å². The maximum Gasteiger partial charge on any atom is 0.158 e. The van der Waals surface area contributed by atoms with Gasteiger partial charge in [-0.1, -0.05) is 32.6 Å². The lowest BCUT2D eigenvalue weighted by molar-refractivity contribution is 0.178. The van der Waals surface area contributed by atoms with Crippen LogP contribution in [0.5, 0.6) is 0 Å². The van der Waals surface area contributed by atoms with E-state index < -0.39 is 0 Å². The summed E-state index contributed by atoms with van der Waals surface area (Å²) in [5, 5.41) is 6.93. The molecule has 0 saturated heterocycles. The molecular formula is C16H28N4O. The molecule has 1 aromatic heterocycles. The van der Waals surface area contributed by atoms with Crippen molar-refractivity contribution in [3.05, 3.63) is 11.9 Å². The molecule has 1 aliphatic carbocycles. The lowest BCUT2D eigenvalue weighted by Crippen LogP contribution is -2.20. The Bertz CT molecular complexity index is 417. The van der Waals surface area contributed by atoms with E-state index in [1.165, 1.54) is 38.5 Å². The van der Waals surface area contributed by atoms with Gasteiger partial charge >= 0.3 is 0 Å². The molecule has 5 heteroatoms. The van der Waals surface area contributed by atoms with Crippen LogP contribution in [-0.4, -0.2) is 29.7 Å². The Kier molecular flexibility index (Phi) is 6.73. The molecule has 1 aliphatic rings. The number of anilines is 2. The summed E-state index contributed by atoms with van der Waals surface area (Å²) >= 11 is 0. The number of ether oxygens (including phenoxy) is 1. The third-order valence-corrected chi connectivity index (χ3v) is 3.81. The maximum absolute atomic E-state index is 5.17. The summed E-state index contributed by atoms with van der Waals surface area (Å²) in [6.45, 7) is 3.52. The van der Waals surface area contributed by atoms with Gasteiger partial charge in [0.15, 0.2) is 5.82 Å². The van der Waals surface area contributed by atoms with Gasteiger partial charge in [-0.3, -0.25) is 0 Å². The topological polar surface area (TPSA) is 59.1 Å². The van der Waals surface area contributed by atoms with Crippen molar-refractivity contribution in [2.45, 2.75) is 64.5 Å². The number of methoxy groups -OCH3 is 1. The normalized spacial score (nSPS) is 16.5. The predicted molar refractivity (Wildman–Crippen MR) is 86.6 cm³/mol. The highest BCUT2D eigenvalue weighted by atomic mass is 16.5. The maximum atomic E-state index is 5.17. The number of aromatic nitrogens is 2. The van der Waals surface area contributed by atoms with Gasteiger partial charge in [0.25, 0.3) is 0 Å². The molecule has 0 radical (unpaired) electrons. The van der Waals surface area contributed by atoms with Gasteiger partial charge in [-0.05, 0) is 19.3 Å². The van der Waals surface area contributed by atoms with E-state index in [1.54, 1.807) is 7.11 Å². The Labute approximate surface area is 127 Å². The molecule has 0 bridgehead atoms. The molecule has 0 aliphatic heterocycles. The van der Waals surface area contributed by atoms with Gasteiger partial charge < -0.3 is 15.4 Å². The number of nitrogens with one attached hydrogen (secondary N) is 2. The Morgan fingerprint density at radius 2 is 1.86 bits per heavy atom. The van der Waals surface area contributed by atoms with Crippen molar-refractivity contribution in [2.75, 3.05) is 24.3 Å². The summed E-state index contributed by atoms with van der Waals surface area (Å²) in [6.07, 6.45) is 8.90. The van der Waals surface area contributed by atoms with Crippen LogP contribution in [0.4, 0.5) is 11.6 Å². The molecule has 0 amide bonds. The van der Waals surface area contributed by atoms with E-state index in [0.717, 1.165) is 30.4 Å². The Hall–Kier alpha value is -1.36. The van der Waals surface area contributed by atoms with Crippen molar-refractivity contribution < 1.29 is 4.74 Å². The van der Waals surface area contributed by atoms with Gasteiger partial charge in [-0.15, -0.1) is 0 Å². The second kappa shape index (κ2) is 8.82. The first kappa shape index (κ1) is 16.0. The first-order chi connectivity index (χ1) is 10.3. The molecule has 1 aromatic rings. The average Bonchev–Trinajstić information content (AvgIpc) is 2.74. The number of nitrogens with zero attached hydrogens (tertiary/aromatic N) is 2. The van der Waals surface area contributed by atoms with Crippen LogP contribution in [0.15, 0.2) is 6.07 Å². The van der Waals surface area contributed by atoms with Crippen molar-refractivity contribution >= 4 is 11.6 Å². The summed E-state index contributed by atoms with van der Waals surface area (Å²) < 4.78 is 5.17. The molecular weight excluding hydrogens is 264 g/mol. The third-order valence-electron chi connectivity index (χ3n) is 3.81. The van der Waals surface area contributed by atoms with Gasteiger partial charge in [-0.25, -0.2) is 9.97 Å². The van der Waals surface area contributed by atoms with E-state index in [4.69, 9.17) is 4.74 Å². The van der Waals surface area contributed by atoms with Crippen LogP contribution in [-0.2, 0) is 11.3 Å². The van der Waals surface area contributed by atoms with Crippen LogP contribution in [0, 0.1) is 0 Å². The summed E-state index contributed by atoms with van der Waals surface area (Å²) in [4.78, 5) is 9.05. The van der Waals surface area contributed by atoms with E-state index in [9.17, 15) is 0 Å². The number of rotatable bonds is 7. The van der Waals surface area contributed by atoms with Crippen LogP contribution in [0.3, 0.4) is 0 Å².